The van der Waals surface area contributed by atoms with Crippen molar-refractivity contribution in [3.63, 3.8) is 0 Å². The van der Waals surface area contributed by atoms with Gasteiger partial charge in [0.25, 0.3) is 0 Å². The lowest BCUT2D eigenvalue weighted by Crippen LogP contribution is -2.25. The number of hydrogen-bond donors (Lipinski definition) is 0. The Morgan fingerprint density at radius 2 is 0.939 bits per heavy atom. The molecule has 2 aromatic heterocycles. The van der Waals surface area contributed by atoms with Gasteiger partial charge >= 0.3 is 11.5 Å². The summed E-state index contributed by atoms with van der Waals surface area (Å²) in [6, 6.07) is 38.4. The van der Waals surface area contributed by atoms with E-state index in [0.29, 0.717) is 0 Å². The van der Waals surface area contributed by atoms with Crippen LogP contribution >= 0.6 is 0 Å². The highest BCUT2D eigenvalue weighted by molar-refractivity contribution is 5.89. The summed E-state index contributed by atoms with van der Waals surface area (Å²) >= 11 is 0. The molecule has 33 heavy (non-hydrogen) atoms. The maximum Gasteiger partial charge on any atom is 0.361 e. The summed E-state index contributed by atoms with van der Waals surface area (Å²) in [6.07, 6.45) is 4.15. The second-order valence-corrected chi connectivity index (χ2v) is 8.45. The molecular weight excluding hydrogens is 402 g/mol. The molecule has 156 valence electrons. The summed E-state index contributed by atoms with van der Waals surface area (Å²) in [5.74, 6) is 1.71. The minimum absolute atomic E-state index is 0.856. The largest absolute Gasteiger partial charge is 0.361 e. The van der Waals surface area contributed by atoms with Gasteiger partial charge in [-0.2, -0.15) is 0 Å². The van der Waals surface area contributed by atoms with Gasteiger partial charge in [0.2, 0.25) is 0 Å². The number of aryl methyl sites for hydroxylation is 1. The molecule has 2 heterocycles. The third-order valence-electron chi connectivity index (χ3n) is 6.17. The van der Waals surface area contributed by atoms with Crippen LogP contribution in [0.15, 0.2) is 126 Å². The molecule has 0 amide bonds. The Morgan fingerprint density at radius 1 is 0.455 bits per heavy atom. The van der Waals surface area contributed by atoms with Crippen molar-refractivity contribution < 1.29 is 8.98 Å². The topological polar surface area (TPSA) is 15.2 Å². The van der Waals surface area contributed by atoms with Crippen molar-refractivity contribution in [2.24, 2.45) is 7.05 Å². The molecule has 6 rings (SSSR count). The zero-order valence-electron chi connectivity index (χ0n) is 18.4. The molecule has 0 aliphatic carbocycles. The van der Waals surface area contributed by atoms with Gasteiger partial charge in [0.1, 0.15) is 7.05 Å². The molecule has 6 aromatic rings. The van der Waals surface area contributed by atoms with Gasteiger partial charge in [0, 0.05) is 17.7 Å². The van der Waals surface area contributed by atoms with Crippen LogP contribution in [0.4, 0.5) is 0 Å². The van der Waals surface area contributed by atoms with Gasteiger partial charge in [-0.25, -0.2) is 8.98 Å². The van der Waals surface area contributed by atoms with Crippen LogP contribution in [0.2, 0.25) is 0 Å². The summed E-state index contributed by atoms with van der Waals surface area (Å²) in [7, 11) is 2.03. The summed E-state index contributed by atoms with van der Waals surface area (Å²) in [5, 5.41) is 4.86. The molecule has 0 aliphatic rings. The zero-order chi connectivity index (χ0) is 22.2. The normalized spacial score (nSPS) is 11.2. The molecular formula is C31H23NO+2. The van der Waals surface area contributed by atoms with Crippen molar-refractivity contribution in [3.8, 4) is 33.8 Å². The Hall–Kier alpha value is -4.30. The van der Waals surface area contributed by atoms with E-state index in [1.54, 1.807) is 0 Å². The standard InChI is InChI=1S/C31H23NO/c1-32-16-14-24(15-17-32)29-20-30(27-12-10-22-6-2-4-8-25(22)18-27)33-31(21-29)28-13-11-23-7-3-5-9-26(23)19-28/h2-21H,1H3/q+2. The van der Waals surface area contributed by atoms with Gasteiger partial charge in [0.05, 0.1) is 23.3 Å². The molecule has 0 radical (unpaired) electrons. The molecule has 0 saturated carbocycles. The van der Waals surface area contributed by atoms with E-state index in [2.05, 4.69) is 122 Å². The number of pyridine rings is 1. The molecule has 0 saturated heterocycles. The average molecular weight is 426 g/mol. The molecule has 0 N–H and O–H groups in total. The lowest BCUT2D eigenvalue weighted by atomic mass is 10.00. The highest BCUT2D eigenvalue weighted by Gasteiger charge is 2.21. The van der Waals surface area contributed by atoms with Crippen LogP contribution in [0, 0.1) is 0 Å². The van der Waals surface area contributed by atoms with E-state index in [0.717, 1.165) is 33.8 Å². The van der Waals surface area contributed by atoms with Gasteiger partial charge in [0.15, 0.2) is 12.4 Å². The first-order valence-electron chi connectivity index (χ1n) is 11.2. The molecule has 0 atom stereocenters. The second-order valence-electron chi connectivity index (χ2n) is 8.45. The van der Waals surface area contributed by atoms with Gasteiger partial charge in [-0.15, -0.1) is 0 Å². The molecule has 0 aliphatic heterocycles. The molecule has 2 nitrogen and oxygen atoms in total. The maximum atomic E-state index is 6.53. The SMILES string of the molecule is C[n+]1ccc(-c2cc(-c3ccc4ccccc4c3)[o+]c(-c3ccc4ccccc4c3)c2)cc1. The molecule has 0 bridgehead atoms. The van der Waals surface area contributed by atoms with Gasteiger partial charge in [-0.1, -0.05) is 60.7 Å². The fourth-order valence-corrected chi connectivity index (χ4v) is 4.33. The monoisotopic (exact) mass is 425 g/mol. The summed E-state index contributed by atoms with van der Waals surface area (Å²) < 4.78 is 8.57. The highest BCUT2D eigenvalue weighted by atomic mass is 16.3. The Morgan fingerprint density at radius 3 is 1.45 bits per heavy atom. The highest BCUT2D eigenvalue weighted by Crippen LogP contribution is 2.34. The Balaban J connectivity index is 1.56. The van der Waals surface area contributed by atoms with E-state index < -0.39 is 0 Å². The van der Waals surface area contributed by atoms with E-state index in [9.17, 15) is 0 Å². The molecule has 4 aromatic carbocycles. The van der Waals surface area contributed by atoms with Crippen LogP contribution in [0.3, 0.4) is 0 Å². The minimum atomic E-state index is 0.856. The van der Waals surface area contributed by atoms with Crippen molar-refractivity contribution in [2.45, 2.75) is 0 Å². The van der Waals surface area contributed by atoms with Crippen molar-refractivity contribution in [1.29, 1.82) is 0 Å². The first-order chi connectivity index (χ1) is 16.2. The molecule has 0 unspecified atom stereocenters. The van der Waals surface area contributed by atoms with E-state index in [1.165, 1.54) is 21.5 Å². The molecule has 0 fully saturated rings. The lowest BCUT2D eigenvalue weighted by Gasteiger charge is -2.04. The van der Waals surface area contributed by atoms with Crippen LogP contribution in [0.25, 0.3) is 55.3 Å². The van der Waals surface area contributed by atoms with Crippen LogP contribution in [0.1, 0.15) is 0 Å². The third kappa shape index (κ3) is 3.77. The lowest BCUT2D eigenvalue weighted by molar-refractivity contribution is -0.671. The predicted molar refractivity (Wildman–Crippen MR) is 136 cm³/mol. The summed E-state index contributed by atoms with van der Waals surface area (Å²) in [5.41, 5.74) is 4.43. The number of benzene rings is 4. The Labute approximate surface area is 193 Å². The predicted octanol–water partition coefficient (Wildman–Crippen LogP) is 7.69. The van der Waals surface area contributed by atoms with Crippen LogP contribution < -0.4 is 4.57 Å². The number of aromatic nitrogens is 1. The zero-order valence-corrected chi connectivity index (χ0v) is 18.4. The molecule has 0 spiro atoms. The van der Waals surface area contributed by atoms with Crippen LogP contribution in [-0.2, 0) is 7.05 Å². The van der Waals surface area contributed by atoms with Crippen molar-refractivity contribution in [3.05, 3.63) is 122 Å². The first-order valence-corrected chi connectivity index (χ1v) is 11.2. The van der Waals surface area contributed by atoms with E-state index in [4.69, 9.17) is 4.42 Å². The number of rotatable bonds is 3. The van der Waals surface area contributed by atoms with Crippen LogP contribution in [-0.4, -0.2) is 0 Å². The van der Waals surface area contributed by atoms with E-state index in [1.807, 2.05) is 11.6 Å². The Kier molecular flexibility index (Phi) is 4.70. The first kappa shape index (κ1) is 19.4. The second kappa shape index (κ2) is 7.99. The van der Waals surface area contributed by atoms with Crippen molar-refractivity contribution in [2.75, 3.05) is 0 Å². The van der Waals surface area contributed by atoms with Crippen LogP contribution in [0.5, 0.6) is 0 Å². The van der Waals surface area contributed by atoms with E-state index >= 15 is 0 Å². The average Bonchev–Trinajstić information content (AvgIpc) is 2.88. The fraction of sp³-hybridized carbons (Fsp3) is 0.0323. The number of hydrogen-bond acceptors (Lipinski definition) is 0. The minimum Gasteiger partial charge on any atom is -0.208 e. The smallest absolute Gasteiger partial charge is 0.208 e. The molecule has 2 heteroatoms. The number of nitrogens with zero attached hydrogens (tertiary/aromatic N) is 1. The van der Waals surface area contributed by atoms with E-state index in [-0.39, 0.29) is 0 Å². The Bertz CT molecular complexity index is 1520. The summed E-state index contributed by atoms with van der Waals surface area (Å²) in [4.78, 5) is 0. The van der Waals surface area contributed by atoms with Gasteiger partial charge in [-0.05, 0) is 51.4 Å². The number of fused-ring (bicyclic) bond motifs is 2. The van der Waals surface area contributed by atoms with Gasteiger partial charge < -0.3 is 0 Å². The van der Waals surface area contributed by atoms with Gasteiger partial charge in [-0.3, -0.25) is 0 Å². The fourth-order valence-electron chi connectivity index (χ4n) is 4.33. The van der Waals surface area contributed by atoms with Crippen molar-refractivity contribution in [1.82, 2.24) is 0 Å². The third-order valence-corrected chi connectivity index (χ3v) is 6.17. The maximum absolute atomic E-state index is 6.53. The van der Waals surface area contributed by atoms with Crippen molar-refractivity contribution >= 4 is 21.5 Å². The quantitative estimate of drug-likeness (QED) is 0.209. The summed E-state index contributed by atoms with van der Waals surface area (Å²) in [6.45, 7) is 0.